The Bertz CT molecular complexity index is 333. The van der Waals surface area contributed by atoms with Gasteiger partial charge in [-0.2, -0.15) is 0 Å². The van der Waals surface area contributed by atoms with E-state index in [4.69, 9.17) is 0 Å². The van der Waals surface area contributed by atoms with E-state index in [1.807, 2.05) is 13.8 Å². The molecule has 2 aliphatic rings. The molecule has 2 nitrogen and oxygen atoms in total. The largest absolute Gasteiger partial charge is 0.316 e. The molecule has 1 aromatic carbocycles. The zero-order valence-electron chi connectivity index (χ0n) is 11.8. The number of likely N-dealkylation sites (tertiary alicyclic amines) is 1. The van der Waals surface area contributed by atoms with Crippen LogP contribution in [0.2, 0.25) is 0 Å². The van der Waals surface area contributed by atoms with Crippen molar-refractivity contribution in [3.05, 3.63) is 35.9 Å². The monoisotopic (exact) mass is 246 g/mol. The second-order valence-electron chi connectivity index (χ2n) is 5.37. The van der Waals surface area contributed by atoms with Crippen LogP contribution in [0.5, 0.6) is 0 Å². The SMILES string of the molecule is CC.c1ccc(CN2CCC3(CC2)CNC3)cc1. The second kappa shape index (κ2) is 6.35. The summed E-state index contributed by atoms with van der Waals surface area (Å²) in [6, 6.07) is 10.8. The van der Waals surface area contributed by atoms with Crippen LogP contribution in [0.1, 0.15) is 32.3 Å². The molecule has 0 aromatic heterocycles. The fourth-order valence-corrected chi connectivity index (χ4v) is 2.86. The van der Waals surface area contributed by atoms with E-state index in [1.54, 1.807) is 0 Å². The van der Waals surface area contributed by atoms with E-state index in [-0.39, 0.29) is 0 Å². The summed E-state index contributed by atoms with van der Waals surface area (Å²) in [5, 5.41) is 3.42. The molecule has 2 heteroatoms. The minimum atomic E-state index is 0.674. The van der Waals surface area contributed by atoms with Crippen molar-refractivity contribution < 1.29 is 0 Å². The molecule has 2 heterocycles. The van der Waals surface area contributed by atoms with Crippen molar-refractivity contribution in [2.24, 2.45) is 5.41 Å². The second-order valence-corrected chi connectivity index (χ2v) is 5.37. The van der Waals surface area contributed by atoms with Gasteiger partial charge in [0.15, 0.2) is 0 Å². The standard InChI is InChI=1S/C14H20N2.C2H6/c1-2-4-13(5-3-1)10-16-8-6-14(7-9-16)11-15-12-14;1-2/h1-5,15H,6-12H2;1-2H3. The number of hydrogen-bond donors (Lipinski definition) is 1. The first-order valence-corrected chi connectivity index (χ1v) is 7.33. The van der Waals surface area contributed by atoms with Crippen molar-refractivity contribution in [1.29, 1.82) is 0 Å². The Hall–Kier alpha value is -0.860. The Labute approximate surface area is 111 Å². The Morgan fingerprint density at radius 2 is 1.67 bits per heavy atom. The highest BCUT2D eigenvalue weighted by atomic mass is 15.1. The molecule has 1 N–H and O–H groups in total. The maximum atomic E-state index is 3.42. The highest BCUT2D eigenvalue weighted by Gasteiger charge is 2.39. The summed E-state index contributed by atoms with van der Waals surface area (Å²) < 4.78 is 0. The fraction of sp³-hybridized carbons (Fsp3) is 0.625. The molecule has 2 saturated heterocycles. The molecule has 0 radical (unpaired) electrons. The molecule has 0 unspecified atom stereocenters. The summed E-state index contributed by atoms with van der Waals surface area (Å²) in [5.74, 6) is 0. The van der Waals surface area contributed by atoms with Crippen molar-refractivity contribution in [2.45, 2.75) is 33.2 Å². The van der Waals surface area contributed by atoms with Crippen molar-refractivity contribution in [1.82, 2.24) is 10.2 Å². The normalized spacial score (nSPS) is 21.9. The first-order chi connectivity index (χ1) is 8.86. The lowest BCUT2D eigenvalue weighted by molar-refractivity contribution is 0.0520. The van der Waals surface area contributed by atoms with Gasteiger partial charge in [-0.05, 0) is 36.9 Å². The molecule has 0 aliphatic carbocycles. The minimum Gasteiger partial charge on any atom is -0.316 e. The van der Waals surface area contributed by atoms with Crippen LogP contribution in [0.4, 0.5) is 0 Å². The highest BCUT2D eigenvalue weighted by molar-refractivity contribution is 5.14. The van der Waals surface area contributed by atoms with Crippen molar-refractivity contribution >= 4 is 0 Å². The molecule has 0 saturated carbocycles. The summed E-state index contributed by atoms with van der Waals surface area (Å²) in [7, 11) is 0. The molecule has 0 atom stereocenters. The van der Waals surface area contributed by atoms with E-state index >= 15 is 0 Å². The van der Waals surface area contributed by atoms with Crippen LogP contribution in [0.25, 0.3) is 0 Å². The van der Waals surface area contributed by atoms with Crippen LogP contribution in [-0.2, 0) is 6.54 Å². The van der Waals surface area contributed by atoms with E-state index in [2.05, 4.69) is 40.5 Å². The topological polar surface area (TPSA) is 15.3 Å². The van der Waals surface area contributed by atoms with Crippen LogP contribution in [-0.4, -0.2) is 31.1 Å². The smallest absolute Gasteiger partial charge is 0.0233 e. The molecule has 2 fully saturated rings. The predicted octanol–water partition coefficient (Wildman–Crippen LogP) is 2.90. The average Bonchev–Trinajstić information content (AvgIpc) is 2.41. The Balaban J connectivity index is 0.000000574. The van der Waals surface area contributed by atoms with Crippen molar-refractivity contribution in [3.63, 3.8) is 0 Å². The summed E-state index contributed by atoms with van der Waals surface area (Å²) in [5.41, 5.74) is 2.12. The van der Waals surface area contributed by atoms with E-state index < -0.39 is 0 Å². The molecule has 0 amide bonds. The van der Waals surface area contributed by atoms with Gasteiger partial charge < -0.3 is 5.32 Å². The highest BCUT2D eigenvalue weighted by Crippen LogP contribution is 2.35. The van der Waals surface area contributed by atoms with Crippen LogP contribution in [0.3, 0.4) is 0 Å². The summed E-state index contributed by atoms with van der Waals surface area (Å²) in [6.45, 7) is 10.2. The number of rotatable bonds is 2. The van der Waals surface area contributed by atoms with Crippen LogP contribution in [0, 0.1) is 5.41 Å². The van der Waals surface area contributed by atoms with Gasteiger partial charge >= 0.3 is 0 Å². The molecule has 100 valence electrons. The third-order valence-corrected chi connectivity index (χ3v) is 4.17. The zero-order valence-corrected chi connectivity index (χ0v) is 11.8. The quantitative estimate of drug-likeness (QED) is 0.863. The lowest BCUT2D eigenvalue weighted by Gasteiger charge is -2.48. The van der Waals surface area contributed by atoms with E-state index in [9.17, 15) is 0 Å². The van der Waals surface area contributed by atoms with Gasteiger partial charge in [-0.3, -0.25) is 4.90 Å². The third-order valence-electron chi connectivity index (χ3n) is 4.17. The summed E-state index contributed by atoms with van der Waals surface area (Å²) in [6.07, 6.45) is 2.76. The van der Waals surface area contributed by atoms with Gasteiger partial charge in [-0.15, -0.1) is 0 Å². The first kappa shape index (κ1) is 13.6. The molecule has 1 aromatic rings. The Kier molecular flexibility index (Phi) is 4.79. The Morgan fingerprint density at radius 1 is 1.06 bits per heavy atom. The molecule has 18 heavy (non-hydrogen) atoms. The van der Waals surface area contributed by atoms with E-state index in [0.29, 0.717) is 5.41 Å². The predicted molar refractivity (Wildman–Crippen MR) is 77.6 cm³/mol. The molecule has 3 rings (SSSR count). The zero-order chi connectivity index (χ0) is 12.8. The number of piperidine rings is 1. The van der Waals surface area contributed by atoms with Gasteiger partial charge in [0.05, 0.1) is 0 Å². The van der Waals surface area contributed by atoms with E-state index in [0.717, 1.165) is 6.54 Å². The lowest BCUT2D eigenvalue weighted by atomic mass is 9.73. The number of nitrogens with zero attached hydrogens (tertiary/aromatic N) is 1. The molecule has 0 bridgehead atoms. The first-order valence-electron chi connectivity index (χ1n) is 7.33. The summed E-state index contributed by atoms with van der Waals surface area (Å²) in [4.78, 5) is 2.60. The number of hydrogen-bond acceptors (Lipinski definition) is 2. The van der Waals surface area contributed by atoms with Crippen molar-refractivity contribution in [2.75, 3.05) is 26.2 Å². The van der Waals surface area contributed by atoms with Crippen LogP contribution < -0.4 is 5.32 Å². The number of benzene rings is 1. The van der Waals surface area contributed by atoms with Crippen molar-refractivity contribution in [3.8, 4) is 0 Å². The maximum Gasteiger partial charge on any atom is 0.0233 e. The average molecular weight is 246 g/mol. The van der Waals surface area contributed by atoms with Gasteiger partial charge in [0.1, 0.15) is 0 Å². The summed E-state index contributed by atoms with van der Waals surface area (Å²) >= 11 is 0. The third kappa shape index (κ3) is 3.12. The van der Waals surface area contributed by atoms with Gasteiger partial charge in [0.2, 0.25) is 0 Å². The molecule has 1 spiro atoms. The maximum absolute atomic E-state index is 3.42. The Morgan fingerprint density at radius 3 is 2.17 bits per heavy atom. The van der Waals surface area contributed by atoms with Crippen LogP contribution >= 0.6 is 0 Å². The molecule has 2 aliphatic heterocycles. The lowest BCUT2D eigenvalue weighted by Crippen LogP contribution is -2.58. The van der Waals surface area contributed by atoms with Gasteiger partial charge in [-0.1, -0.05) is 44.2 Å². The van der Waals surface area contributed by atoms with E-state index in [1.165, 1.54) is 44.6 Å². The van der Waals surface area contributed by atoms with Gasteiger partial charge in [-0.25, -0.2) is 0 Å². The van der Waals surface area contributed by atoms with Gasteiger partial charge in [0.25, 0.3) is 0 Å². The van der Waals surface area contributed by atoms with Gasteiger partial charge in [0, 0.05) is 19.6 Å². The van der Waals surface area contributed by atoms with Crippen LogP contribution in [0.15, 0.2) is 30.3 Å². The molecular weight excluding hydrogens is 220 g/mol. The molecular formula is C16H26N2. The fourth-order valence-electron chi connectivity index (χ4n) is 2.86. The minimum absolute atomic E-state index is 0.674. The number of nitrogens with one attached hydrogen (secondary N) is 1.